The van der Waals surface area contributed by atoms with E-state index in [2.05, 4.69) is 29.9 Å². The third-order valence-corrected chi connectivity index (χ3v) is 13.6. The Hall–Kier alpha value is -6.43. The van der Waals surface area contributed by atoms with E-state index in [1.54, 1.807) is 4.57 Å². The molecule has 432 valence electrons. The molecule has 29 nitrogen and oxygen atoms in total. The molecule has 1 saturated carbocycles. The van der Waals surface area contributed by atoms with Crippen LogP contribution in [0.2, 0.25) is 0 Å². The number of carbonyl (C=O) groups excluding carboxylic acids is 1. The van der Waals surface area contributed by atoms with E-state index >= 15 is 0 Å². The molecule has 0 radical (unpaired) electrons. The molecular weight excluding hydrogens is 1050 g/mol. The molecule has 0 spiro atoms. The zero-order valence-corrected chi connectivity index (χ0v) is 42.1. The third-order valence-electron chi connectivity index (χ3n) is 13.6. The first-order chi connectivity index (χ1) is 36.8. The summed E-state index contributed by atoms with van der Waals surface area (Å²) in [6.07, 6.45) is -19.2. The second kappa shape index (κ2) is 24.3. The lowest BCUT2D eigenvalue weighted by Gasteiger charge is -2.45. The van der Waals surface area contributed by atoms with Gasteiger partial charge in [0.1, 0.15) is 97.1 Å². The monoisotopic (exact) mass is 1120 g/mol. The summed E-state index contributed by atoms with van der Waals surface area (Å²) in [4.78, 5) is 36.1. The first kappa shape index (κ1) is 59.2. The van der Waals surface area contributed by atoms with Crippen molar-refractivity contribution >= 4 is 29.7 Å². The first-order valence-electron chi connectivity index (χ1n) is 24.3. The standard InChI is InChI=1S/C25H25F3N4O6.C21H39N7O12/c1-24(15-31-14-22(32(33)34)29-23(31)38-24)16-35-18-4-2-17(3-5-18)30-12-10-20(11-13-30)36-19-6-8-21(9-7-19)37-25(26,27)28;1-5-21(36,4-30)16(40-17-9(26-2)13(34)10(31)6(3-29)38-17)18(37-5)39-15-8(28-20(24)25)11(32)7(27-19(22)23)12(33)14(15)35/h2-9,14,20H,10-13,15-16H2,1H3;4-18,26,29,31-36H,3H2,1-2H3,(H4,22,23,27)(H4,24,25,28)/t24-;5-,6-,7+,8-,9-,10-,11+,12-,13-,14+,15+,16-,17-,18-,21+/m10/s1. The fraction of sp³-hybridized carbons (Fsp3) is 0.609. The molecule has 2 aromatic carbocycles. The number of alkyl halides is 3. The van der Waals surface area contributed by atoms with E-state index in [1.807, 2.05) is 31.2 Å². The van der Waals surface area contributed by atoms with Gasteiger partial charge in [0.05, 0.1) is 25.3 Å². The van der Waals surface area contributed by atoms with E-state index in [0.717, 1.165) is 31.6 Å². The maximum Gasteiger partial charge on any atom is 0.573 e. The number of anilines is 1. The highest BCUT2D eigenvalue weighted by molar-refractivity contribution is 5.76. The number of ether oxygens (including phenoxy) is 8. The molecule has 78 heavy (non-hydrogen) atoms. The summed E-state index contributed by atoms with van der Waals surface area (Å²) >= 11 is 0. The highest BCUT2D eigenvalue weighted by Gasteiger charge is 2.61. The smallest absolute Gasteiger partial charge is 0.490 e. The number of nitrogens with zero attached hydrogens (tertiary/aromatic N) is 6. The Morgan fingerprint density at radius 3 is 2.08 bits per heavy atom. The molecule has 16 atom stereocenters. The maximum absolute atomic E-state index is 12.3. The molecule has 8 rings (SSSR count). The summed E-state index contributed by atoms with van der Waals surface area (Å²) in [7, 11) is 1.42. The third kappa shape index (κ3) is 13.5. The van der Waals surface area contributed by atoms with Crippen LogP contribution in [0.15, 0.2) is 64.7 Å². The lowest BCUT2D eigenvalue weighted by molar-refractivity contribution is -0.389. The number of guanidine groups is 2. The fourth-order valence-corrected chi connectivity index (χ4v) is 9.57. The predicted octanol–water partition coefficient (Wildman–Crippen LogP) is -3.19. The summed E-state index contributed by atoms with van der Waals surface area (Å²) in [6, 6.07) is 9.25. The number of nitro groups is 1. The number of nitrogens with two attached hydrogens (primary N) is 4. The number of aldehydes is 1. The van der Waals surface area contributed by atoms with Crippen LogP contribution in [-0.4, -0.2) is 211 Å². The normalized spacial score (nSPS) is 33.8. The van der Waals surface area contributed by atoms with Crippen LogP contribution in [0.1, 0.15) is 26.7 Å². The lowest BCUT2D eigenvalue weighted by atomic mass is 9.81. The van der Waals surface area contributed by atoms with Gasteiger partial charge in [0.15, 0.2) is 42.0 Å². The number of hydrogen-bond donors (Lipinski definition) is 12. The summed E-state index contributed by atoms with van der Waals surface area (Å²) in [6.45, 7) is 4.65. The SMILES string of the molecule is CN[C@@H]1[C@H](O[C@H]2[C@H](O[C@H]3[C@H](O)[C@@H](O)[C@H](N=C(N)N)[C@@H](O)[C@@H]3N=C(N)N)O[C@@H](C)[C@]2(O)C=O)O[C@@H](CO)[C@H](O)[C@H]1O.C[C@]1(COc2ccc(N3CCC(Oc4ccc(OC(F)(F)F)cc4)CC3)cc2)Cn2cc([N+](=O)[O-])nc2O1. The van der Waals surface area contributed by atoms with Crippen LogP contribution in [0, 0.1) is 10.1 Å². The Kier molecular flexibility index (Phi) is 18.5. The number of aromatic nitrogens is 2. The van der Waals surface area contributed by atoms with Gasteiger partial charge < -0.3 is 117 Å². The van der Waals surface area contributed by atoms with Crippen LogP contribution in [0.5, 0.6) is 23.3 Å². The average Bonchev–Trinajstić information content (AvgIpc) is 4.22. The van der Waals surface area contributed by atoms with Crippen LogP contribution in [0.3, 0.4) is 0 Å². The van der Waals surface area contributed by atoms with Crippen molar-refractivity contribution < 1.29 is 96.5 Å². The lowest BCUT2D eigenvalue weighted by Crippen LogP contribution is -2.66. The van der Waals surface area contributed by atoms with Gasteiger partial charge in [-0.25, -0.2) is 9.98 Å². The van der Waals surface area contributed by atoms with Crippen molar-refractivity contribution in [3.05, 3.63) is 64.8 Å². The van der Waals surface area contributed by atoms with Gasteiger partial charge in [-0.3, -0.25) is 9.36 Å². The Bertz CT molecular complexity index is 2530. The number of nitrogens with one attached hydrogen (secondary N) is 1. The summed E-state index contributed by atoms with van der Waals surface area (Å²) in [5.41, 5.74) is 19.7. The number of aliphatic hydroxyl groups is 7. The number of halogens is 3. The van der Waals surface area contributed by atoms with Gasteiger partial charge in [0.25, 0.3) is 0 Å². The molecule has 16 N–H and O–H groups in total. The van der Waals surface area contributed by atoms with Crippen molar-refractivity contribution in [2.75, 3.05) is 38.3 Å². The van der Waals surface area contributed by atoms with Gasteiger partial charge in [-0.05, 0) is 74.3 Å². The minimum absolute atomic E-state index is 0.0356. The van der Waals surface area contributed by atoms with Crippen molar-refractivity contribution in [2.24, 2.45) is 32.9 Å². The number of carbonyl (C=O) groups is 1. The minimum Gasteiger partial charge on any atom is -0.490 e. The summed E-state index contributed by atoms with van der Waals surface area (Å²) in [5.74, 6) is -0.391. The largest absolute Gasteiger partial charge is 0.573 e. The van der Waals surface area contributed by atoms with Gasteiger partial charge >= 0.3 is 18.2 Å². The molecule has 0 amide bonds. The molecule has 5 aliphatic rings. The summed E-state index contributed by atoms with van der Waals surface area (Å²) < 4.78 is 83.0. The molecule has 4 fully saturated rings. The van der Waals surface area contributed by atoms with Crippen molar-refractivity contribution in [1.29, 1.82) is 0 Å². The van der Waals surface area contributed by atoms with E-state index in [0.29, 0.717) is 18.0 Å². The van der Waals surface area contributed by atoms with Gasteiger partial charge in [-0.15, -0.1) is 13.2 Å². The fourth-order valence-electron chi connectivity index (χ4n) is 9.57. The van der Waals surface area contributed by atoms with E-state index in [4.69, 9.17) is 56.1 Å². The second-order valence-electron chi connectivity index (χ2n) is 19.3. The number of aliphatic imine (C=N–C) groups is 2. The van der Waals surface area contributed by atoms with Crippen LogP contribution < -0.4 is 52.1 Å². The zero-order valence-electron chi connectivity index (χ0n) is 42.1. The topological polar surface area (TPSA) is 438 Å². The molecule has 4 aliphatic heterocycles. The van der Waals surface area contributed by atoms with E-state index in [1.165, 1.54) is 44.4 Å². The van der Waals surface area contributed by atoms with Gasteiger partial charge in [-0.1, -0.05) is 0 Å². The van der Waals surface area contributed by atoms with Gasteiger partial charge in [0, 0.05) is 36.6 Å². The van der Waals surface area contributed by atoms with Crippen LogP contribution >= 0.6 is 0 Å². The molecule has 0 unspecified atom stereocenters. The van der Waals surface area contributed by atoms with Crippen molar-refractivity contribution in [1.82, 2.24) is 14.9 Å². The molecule has 0 bridgehead atoms. The number of rotatable bonds is 17. The average molecular weight is 1120 g/mol. The number of aliphatic hydroxyl groups excluding tert-OH is 6. The molecule has 32 heteroatoms. The van der Waals surface area contributed by atoms with E-state index in [-0.39, 0.29) is 36.6 Å². The highest BCUT2D eigenvalue weighted by atomic mass is 19.4. The molecule has 1 aliphatic carbocycles. The Morgan fingerprint density at radius 2 is 1.51 bits per heavy atom. The number of imidazole rings is 1. The zero-order chi connectivity index (χ0) is 57.0. The number of benzene rings is 2. The Balaban J connectivity index is 0.000000226. The van der Waals surface area contributed by atoms with Crippen molar-refractivity contribution in [3.63, 3.8) is 0 Å². The van der Waals surface area contributed by atoms with Gasteiger partial charge in [-0.2, -0.15) is 0 Å². The van der Waals surface area contributed by atoms with Gasteiger partial charge in [0.2, 0.25) is 0 Å². The molecular formula is C46H64F3N11O18. The van der Waals surface area contributed by atoms with Crippen molar-refractivity contribution in [3.8, 4) is 23.3 Å². The van der Waals surface area contributed by atoms with Crippen LogP contribution in [0.4, 0.5) is 24.7 Å². The molecule has 5 heterocycles. The number of piperidine rings is 1. The molecule has 1 aromatic heterocycles. The number of fused-ring (bicyclic) bond motifs is 1. The maximum atomic E-state index is 12.3. The molecule has 3 aromatic rings. The van der Waals surface area contributed by atoms with Crippen LogP contribution in [0.25, 0.3) is 0 Å². The van der Waals surface area contributed by atoms with Crippen molar-refractivity contribution in [2.45, 2.75) is 143 Å². The van der Waals surface area contributed by atoms with Crippen LogP contribution in [-0.2, 0) is 30.3 Å². The Morgan fingerprint density at radius 1 is 0.897 bits per heavy atom. The highest BCUT2D eigenvalue weighted by Crippen LogP contribution is 2.39. The number of likely N-dealkylation sites (N-methyl/N-ethyl adjacent to an activating group) is 1. The molecule has 3 saturated heterocycles. The van der Waals surface area contributed by atoms with E-state index < -0.39 is 127 Å². The second-order valence-corrected chi connectivity index (χ2v) is 19.3. The number of hydrogen-bond acceptors (Lipinski definition) is 23. The predicted molar refractivity (Wildman–Crippen MR) is 262 cm³/mol. The minimum atomic E-state index is -4.72. The summed E-state index contributed by atoms with van der Waals surface area (Å²) in [5, 5.41) is 87.5. The van der Waals surface area contributed by atoms with E-state index in [9.17, 15) is 63.8 Å². The Labute approximate surface area is 442 Å². The quantitative estimate of drug-likeness (QED) is 0.0208. The first-order valence-corrected chi connectivity index (χ1v) is 24.3.